The number of hydrogen-bond acceptors (Lipinski definition) is 6. The van der Waals surface area contributed by atoms with E-state index in [1.165, 1.54) is 36.4 Å². The first-order valence-corrected chi connectivity index (χ1v) is 10.1. The molecule has 2 aromatic carbocycles. The van der Waals surface area contributed by atoms with Crippen molar-refractivity contribution in [3.63, 3.8) is 0 Å². The summed E-state index contributed by atoms with van der Waals surface area (Å²) in [7, 11) is -3.84. The third kappa shape index (κ3) is 5.72. The van der Waals surface area contributed by atoms with Gasteiger partial charge in [-0.2, -0.15) is 0 Å². The molecule has 3 rings (SSSR count). The van der Waals surface area contributed by atoms with Gasteiger partial charge in [0.15, 0.2) is 0 Å². The van der Waals surface area contributed by atoms with E-state index in [1.807, 2.05) is 0 Å². The van der Waals surface area contributed by atoms with Crippen LogP contribution >= 0.6 is 0 Å². The van der Waals surface area contributed by atoms with E-state index < -0.39 is 15.8 Å². The van der Waals surface area contributed by atoms with Gasteiger partial charge in [0.1, 0.15) is 5.82 Å². The molecule has 3 N–H and O–H groups in total. The first-order valence-electron chi connectivity index (χ1n) is 8.61. The Balaban J connectivity index is 1.52. The van der Waals surface area contributed by atoms with Crippen molar-refractivity contribution in [1.29, 1.82) is 0 Å². The first-order chi connectivity index (χ1) is 13.9. The summed E-state index contributed by atoms with van der Waals surface area (Å²) in [4.78, 5) is 20.1. The highest BCUT2D eigenvalue weighted by Crippen LogP contribution is 2.17. The highest BCUT2D eigenvalue weighted by Gasteiger charge is 2.14. The maximum absolute atomic E-state index is 13.0. The van der Waals surface area contributed by atoms with Crippen LogP contribution in [0.5, 0.6) is 0 Å². The summed E-state index contributed by atoms with van der Waals surface area (Å²) < 4.78 is 39.9. The summed E-state index contributed by atoms with van der Waals surface area (Å²) in [6, 6.07) is 12.2. The van der Waals surface area contributed by atoms with Crippen LogP contribution in [0.4, 0.5) is 16.0 Å². The molecule has 0 saturated heterocycles. The van der Waals surface area contributed by atoms with E-state index in [4.69, 9.17) is 0 Å². The number of nitrogens with zero attached hydrogens (tertiary/aromatic N) is 2. The van der Waals surface area contributed by atoms with Crippen molar-refractivity contribution in [2.45, 2.75) is 4.90 Å². The summed E-state index contributed by atoms with van der Waals surface area (Å²) in [6.07, 6.45) is 3.22. The Hall–Kier alpha value is -3.53. The third-order valence-corrected chi connectivity index (χ3v) is 5.18. The molecule has 0 aliphatic rings. The summed E-state index contributed by atoms with van der Waals surface area (Å²) in [5.41, 5.74) is 0.666. The van der Waals surface area contributed by atoms with Crippen LogP contribution in [0.25, 0.3) is 0 Å². The maximum Gasteiger partial charge on any atom is 0.261 e. The van der Waals surface area contributed by atoms with Crippen LogP contribution in [0.15, 0.2) is 71.9 Å². The van der Waals surface area contributed by atoms with Gasteiger partial charge in [-0.15, -0.1) is 0 Å². The zero-order valence-corrected chi connectivity index (χ0v) is 16.0. The second-order valence-electron chi connectivity index (χ2n) is 5.89. The van der Waals surface area contributed by atoms with Gasteiger partial charge < -0.3 is 10.6 Å². The number of nitrogens with one attached hydrogen (secondary N) is 3. The van der Waals surface area contributed by atoms with Gasteiger partial charge in [0, 0.05) is 36.7 Å². The molecule has 3 aromatic rings. The van der Waals surface area contributed by atoms with E-state index in [0.29, 0.717) is 24.6 Å². The van der Waals surface area contributed by atoms with Crippen LogP contribution in [-0.4, -0.2) is 37.4 Å². The Morgan fingerprint density at radius 1 is 0.931 bits per heavy atom. The minimum absolute atomic E-state index is 0.0596. The van der Waals surface area contributed by atoms with Crippen LogP contribution < -0.4 is 15.4 Å². The highest BCUT2D eigenvalue weighted by molar-refractivity contribution is 7.92. The number of aromatic nitrogens is 2. The van der Waals surface area contributed by atoms with Crippen molar-refractivity contribution in [2.24, 2.45) is 0 Å². The van der Waals surface area contributed by atoms with Gasteiger partial charge in [0.05, 0.1) is 4.90 Å². The van der Waals surface area contributed by atoms with Crippen molar-refractivity contribution >= 4 is 27.6 Å². The minimum Gasteiger partial charge on any atom is -0.352 e. The van der Waals surface area contributed by atoms with Crippen molar-refractivity contribution in [3.8, 4) is 0 Å². The van der Waals surface area contributed by atoms with Gasteiger partial charge in [-0.25, -0.2) is 22.8 Å². The standard InChI is InChI=1S/C19H18FN5O3S/c20-15-4-8-17(9-5-15)29(27,28)25-16-6-2-14(3-7-16)18(26)21-12-13-24-19-22-10-1-11-23-19/h1-11,25H,12-13H2,(H,21,26)(H,22,23,24). The second-order valence-corrected chi connectivity index (χ2v) is 7.57. The normalized spacial score (nSPS) is 10.9. The summed E-state index contributed by atoms with van der Waals surface area (Å²) in [5.74, 6) is -0.348. The van der Waals surface area contributed by atoms with Crippen LogP contribution in [0.2, 0.25) is 0 Å². The number of hydrogen-bond donors (Lipinski definition) is 3. The van der Waals surface area contributed by atoms with E-state index in [-0.39, 0.29) is 16.5 Å². The zero-order chi connectivity index (χ0) is 20.7. The number of amides is 1. The zero-order valence-electron chi connectivity index (χ0n) is 15.2. The minimum atomic E-state index is -3.84. The van der Waals surface area contributed by atoms with Gasteiger partial charge in [0.25, 0.3) is 15.9 Å². The molecule has 0 radical (unpaired) electrons. The van der Waals surface area contributed by atoms with E-state index in [0.717, 1.165) is 12.1 Å². The molecule has 1 amide bonds. The molecule has 150 valence electrons. The van der Waals surface area contributed by atoms with Crippen LogP contribution in [0.3, 0.4) is 0 Å². The molecule has 0 bridgehead atoms. The molecule has 0 atom stereocenters. The molecule has 0 spiro atoms. The smallest absolute Gasteiger partial charge is 0.261 e. The second kappa shape index (κ2) is 9.11. The number of anilines is 2. The Kier molecular flexibility index (Phi) is 6.35. The molecule has 0 aliphatic heterocycles. The molecule has 0 aliphatic carbocycles. The van der Waals surface area contributed by atoms with Gasteiger partial charge in [0.2, 0.25) is 5.95 Å². The number of sulfonamides is 1. The molecule has 29 heavy (non-hydrogen) atoms. The lowest BCUT2D eigenvalue weighted by Gasteiger charge is -2.09. The molecule has 0 fully saturated rings. The molecule has 10 heteroatoms. The van der Waals surface area contributed by atoms with E-state index in [2.05, 4.69) is 25.3 Å². The lowest BCUT2D eigenvalue weighted by atomic mass is 10.2. The molecular weight excluding hydrogens is 397 g/mol. The van der Waals surface area contributed by atoms with Crippen LogP contribution in [0.1, 0.15) is 10.4 Å². The summed E-state index contributed by atoms with van der Waals surface area (Å²) in [5, 5.41) is 5.71. The van der Waals surface area contributed by atoms with E-state index in [1.54, 1.807) is 18.5 Å². The van der Waals surface area contributed by atoms with Crippen molar-refractivity contribution < 1.29 is 17.6 Å². The Bertz CT molecular complexity index is 1060. The molecular formula is C19H18FN5O3S. The van der Waals surface area contributed by atoms with Crippen LogP contribution in [-0.2, 0) is 10.0 Å². The quantitative estimate of drug-likeness (QED) is 0.487. The topological polar surface area (TPSA) is 113 Å². The summed E-state index contributed by atoms with van der Waals surface area (Å²) in [6.45, 7) is 0.807. The molecule has 8 nitrogen and oxygen atoms in total. The number of benzene rings is 2. The predicted octanol–water partition coefficient (Wildman–Crippen LogP) is 2.26. The van der Waals surface area contributed by atoms with E-state index >= 15 is 0 Å². The van der Waals surface area contributed by atoms with Gasteiger partial charge in [-0.3, -0.25) is 9.52 Å². The highest BCUT2D eigenvalue weighted by atomic mass is 32.2. The SMILES string of the molecule is O=C(NCCNc1ncccn1)c1ccc(NS(=O)(=O)c2ccc(F)cc2)cc1. The lowest BCUT2D eigenvalue weighted by Crippen LogP contribution is -2.29. The molecule has 1 aromatic heterocycles. The predicted molar refractivity (Wildman–Crippen MR) is 107 cm³/mol. The van der Waals surface area contributed by atoms with Crippen molar-refractivity contribution in [2.75, 3.05) is 23.1 Å². The Morgan fingerprint density at radius 2 is 1.59 bits per heavy atom. The maximum atomic E-state index is 13.0. The molecule has 1 heterocycles. The third-order valence-electron chi connectivity index (χ3n) is 3.78. The lowest BCUT2D eigenvalue weighted by molar-refractivity contribution is 0.0955. The monoisotopic (exact) mass is 415 g/mol. The van der Waals surface area contributed by atoms with Gasteiger partial charge in [-0.1, -0.05) is 0 Å². The van der Waals surface area contributed by atoms with Crippen molar-refractivity contribution in [3.05, 3.63) is 78.4 Å². The Morgan fingerprint density at radius 3 is 2.24 bits per heavy atom. The molecule has 0 saturated carbocycles. The number of carbonyl (C=O) groups is 1. The fourth-order valence-electron chi connectivity index (χ4n) is 2.36. The number of carbonyl (C=O) groups excluding carboxylic acids is 1. The molecule has 0 unspecified atom stereocenters. The van der Waals surface area contributed by atoms with Gasteiger partial charge >= 0.3 is 0 Å². The summed E-state index contributed by atoms with van der Waals surface area (Å²) >= 11 is 0. The van der Waals surface area contributed by atoms with Crippen molar-refractivity contribution in [1.82, 2.24) is 15.3 Å². The average molecular weight is 415 g/mol. The average Bonchev–Trinajstić information content (AvgIpc) is 2.72. The fourth-order valence-corrected chi connectivity index (χ4v) is 3.42. The van der Waals surface area contributed by atoms with Crippen LogP contribution in [0, 0.1) is 5.82 Å². The Labute approximate surface area is 167 Å². The van der Waals surface area contributed by atoms with Gasteiger partial charge in [-0.05, 0) is 54.6 Å². The fraction of sp³-hybridized carbons (Fsp3) is 0.105. The largest absolute Gasteiger partial charge is 0.352 e. The first kappa shape index (κ1) is 20.2. The number of halogens is 1. The number of rotatable bonds is 8. The van der Waals surface area contributed by atoms with E-state index in [9.17, 15) is 17.6 Å².